The molecule has 0 saturated heterocycles. The predicted molar refractivity (Wildman–Crippen MR) is 91.1 cm³/mol. The first-order chi connectivity index (χ1) is 11.4. The highest BCUT2D eigenvalue weighted by atomic mass is 19.1. The summed E-state index contributed by atoms with van der Waals surface area (Å²) in [6, 6.07) is 12.0. The zero-order valence-electron chi connectivity index (χ0n) is 13.4. The summed E-state index contributed by atoms with van der Waals surface area (Å²) >= 11 is 0. The number of carbonyl (C=O) groups is 1. The Bertz CT molecular complexity index is 942. The van der Waals surface area contributed by atoms with E-state index in [9.17, 15) is 9.18 Å². The number of hydrogen-bond acceptors (Lipinski definition) is 2. The maximum absolute atomic E-state index is 13.0. The zero-order valence-corrected chi connectivity index (χ0v) is 13.4. The van der Waals surface area contributed by atoms with Gasteiger partial charge in [-0.15, -0.1) is 0 Å². The maximum atomic E-state index is 13.0. The quantitative estimate of drug-likeness (QED) is 0.746. The summed E-state index contributed by atoms with van der Waals surface area (Å²) in [6.07, 6.45) is 1.82. The lowest BCUT2D eigenvalue weighted by Crippen LogP contribution is -2.26. The number of imidazole rings is 1. The molecule has 2 aromatic carbocycles. The Morgan fingerprint density at radius 1 is 1.04 bits per heavy atom. The molecule has 0 bridgehead atoms. The largest absolute Gasteiger partial charge is 0.344 e. The Hall–Kier alpha value is -2.95. The van der Waals surface area contributed by atoms with Gasteiger partial charge in [0.2, 0.25) is 5.91 Å². The van der Waals surface area contributed by atoms with Crippen molar-refractivity contribution in [3.63, 3.8) is 0 Å². The van der Waals surface area contributed by atoms with Gasteiger partial charge in [0.25, 0.3) is 0 Å². The minimum Gasteiger partial charge on any atom is -0.344 e. The number of rotatable bonds is 2. The number of fused-ring (bicyclic) bond motifs is 1. The van der Waals surface area contributed by atoms with Gasteiger partial charge in [0.15, 0.2) is 0 Å². The van der Waals surface area contributed by atoms with Crippen LogP contribution >= 0.6 is 0 Å². The molecule has 0 fully saturated rings. The number of aromatic amines is 1. The van der Waals surface area contributed by atoms with Gasteiger partial charge in [-0.25, -0.2) is 9.37 Å². The molecule has 24 heavy (non-hydrogen) atoms. The molecule has 4 nitrogen and oxygen atoms in total. The van der Waals surface area contributed by atoms with Crippen molar-refractivity contribution < 1.29 is 9.18 Å². The van der Waals surface area contributed by atoms with Crippen molar-refractivity contribution in [2.75, 3.05) is 5.32 Å². The molecular weight excluding hydrogens is 305 g/mol. The van der Waals surface area contributed by atoms with Crippen molar-refractivity contribution in [3.05, 3.63) is 60.0 Å². The first-order valence-electron chi connectivity index (χ1n) is 7.73. The smallest absolute Gasteiger partial charge is 0.234 e. The third-order valence-corrected chi connectivity index (χ3v) is 4.50. The molecule has 3 aromatic rings. The summed E-state index contributed by atoms with van der Waals surface area (Å²) in [5.74, 6) is 0.409. The lowest BCUT2D eigenvalue weighted by Gasteiger charge is -2.15. The van der Waals surface area contributed by atoms with E-state index in [2.05, 4.69) is 15.3 Å². The molecule has 4 rings (SSSR count). The molecule has 1 aliphatic heterocycles. The van der Waals surface area contributed by atoms with Crippen LogP contribution in [0.2, 0.25) is 0 Å². The highest BCUT2D eigenvalue weighted by Crippen LogP contribution is 2.39. The molecule has 0 radical (unpaired) electrons. The lowest BCUT2D eigenvalue weighted by atomic mass is 9.85. The second-order valence-corrected chi connectivity index (χ2v) is 6.48. The number of nitrogens with zero attached hydrogens (tertiary/aromatic N) is 1. The Morgan fingerprint density at radius 2 is 1.75 bits per heavy atom. The molecular formula is C19H16FN3O. The molecule has 5 heteroatoms. The number of anilines is 1. The molecule has 1 aliphatic rings. The van der Waals surface area contributed by atoms with E-state index in [4.69, 9.17) is 0 Å². The van der Waals surface area contributed by atoms with Crippen LogP contribution in [0.1, 0.15) is 19.4 Å². The Morgan fingerprint density at radius 3 is 2.50 bits per heavy atom. The van der Waals surface area contributed by atoms with Gasteiger partial charge in [0.1, 0.15) is 11.6 Å². The van der Waals surface area contributed by atoms with Gasteiger partial charge < -0.3 is 10.3 Å². The van der Waals surface area contributed by atoms with E-state index in [1.165, 1.54) is 12.1 Å². The number of carbonyl (C=O) groups excluding carboxylic acids is 1. The van der Waals surface area contributed by atoms with E-state index in [0.29, 0.717) is 5.82 Å². The molecule has 1 amide bonds. The normalized spacial score (nSPS) is 15.2. The number of nitrogens with one attached hydrogen (secondary N) is 2. The van der Waals surface area contributed by atoms with Crippen LogP contribution in [0.25, 0.3) is 22.6 Å². The second-order valence-electron chi connectivity index (χ2n) is 6.48. The summed E-state index contributed by atoms with van der Waals surface area (Å²) in [5.41, 5.74) is 3.80. The number of hydrogen-bond donors (Lipinski definition) is 2. The van der Waals surface area contributed by atoms with Gasteiger partial charge in [0, 0.05) is 23.0 Å². The Labute approximate surface area is 138 Å². The summed E-state index contributed by atoms with van der Waals surface area (Å²) in [6.45, 7) is 3.82. The van der Waals surface area contributed by atoms with Crippen LogP contribution in [0.15, 0.2) is 48.7 Å². The molecule has 120 valence electrons. The molecule has 1 aromatic heterocycles. The van der Waals surface area contributed by atoms with Crippen molar-refractivity contribution in [1.29, 1.82) is 0 Å². The van der Waals surface area contributed by atoms with Crippen LogP contribution in [0.5, 0.6) is 0 Å². The van der Waals surface area contributed by atoms with E-state index in [1.807, 2.05) is 38.2 Å². The van der Waals surface area contributed by atoms with E-state index in [0.717, 1.165) is 28.1 Å². The van der Waals surface area contributed by atoms with Gasteiger partial charge in [-0.1, -0.05) is 6.07 Å². The molecule has 0 unspecified atom stereocenters. The fraction of sp³-hybridized carbons (Fsp3) is 0.158. The van der Waals surface area contributed by atoms with Crippen LogP contribution in [0.3, 0.4) is 0 Å². The monoisotopic (exact) mass is 321 g/mol. The van der Waals surface area contributed by atoms with Gasteiger partial charge in [0.05, 0.1) is 11.1 Å². The van der Waals surface area contributed by atoms with Gasteiger partial charge >= 0.3 is 0 Å². The number of benzene rings is 2. The Kier molecular flexibility index (Phi) is 3.06. The number of amides is 1. The van der Waals surface area contributed by atoms with Gasteiger partial charge in [-0.3, -0.25) is 4.79 Å². The predicted octanol–water partition coefficient (Wildman–Crippen LogP) is 4.11. The van der Waals surface area contributed by atoms with E-state index in [1.54, 1.807) is 12.1 Å². The highest BCUT2D eigenvalue weighted by molar-refractivity contribution is 6.06. The maximum Gasteiger partial charge on any atom is 0.234 e. The molecule has 0 spiro atoms. The topological polar surface area (TPSA) is 57.8 Å². The number of aromatic nitrogens is 2. The molecule has 2 N–H and O–H groups in total. The van der Waals surface area contributed by atoms with E-state index < -0.39 is 5.41 Å². The summed E-state index contributed by atoms with van der Waals surface area (Å²) < 4.78 is 13.0. The van der Waals surface area contributed by atoms with Gasteiger partial charge in [-0.05, 0) is 55.8 Å². The standard InChI is InChI=1S/C19H16FN3O/c1-19(2)14-9-12(5-8-15(14)23-18(19)24)16-10-21-17(22-16)11-3-6-13(20)7-4-11/h3-10H,1-2H3,(H,21,22)(H,23,24). The van der Waals surface area contributed by atoms with Crippen LogP contribution in [0, 0.1) is 5.82 Å². The van der Waals surface area contributed by atoms with E-state index in [-0.39, 0.29) is 11.7 Å². The average molecular weight is 321 g/mol. The first kappa shape index (κ1) is 14.6. The van der Waals surface area contributed by atoms with Crippen LogP contribution in [-0.2, 0) is 10.2 Å². The van der Waals surface area contributed by atoms with Crippen LogP contribution in [0.4, 0.5) is 10.1 Å². The summed E-state index contributed by atoms with van der Waals surface area (Å²) in [7, 11) is 0. The molecule has 0 saturated carbocycles. The molecule has 2 heterocycles. The lowest BCUT2D eigenvalue weighted by molar-refractivity contribution is -0.119. The molecule has 0 atom stereocenters. The van der Waals surface area contributed by atoms with Crippen LogP contribution in [-0.4, -0.2) is 15.9 Å². The average Bonchev–Trinajstić information content (AvgIpc) is 3.13. The fourth-order valence-corrected chi connectivity index (χ4v) is 2.96. The SMILES string of the molecule is CC1(C)C(=O)Nc2ccc(-c3c[nH]c(-c4ccc(F)cc4)n3)cc21. The zero-order chi connectivity index (χ0) is 16.9. The third-order valence-electron chi connectivity index (χ3n) is 4.50. The minimum absolute atomic E-state index is 0.00341. The fourth-order valence-electron chi connectivity index (χ4n) is 2.96. The Balaban J connectivity index is 1.73. The third kappa shape index (κ3) is 2.21. The first-order valence-corrected chi connectivity index (χ1v) is 7.73. The summed E-state index contributed by atoms with van der Waals surface area (Å²) in [4.78, 5) is 19.8. The van der Waals surface area contributed by atoms with Crippen LogP contribution < -0.4 is 5.32 Å². The number of H-pyrrole nitrogens is 1. The van der Waals surface area contributed by atoms with E-state index >= 15 is 0 Å². The van der Waals surface area contributed by atoms with Gasteiger partial charge in [-0.2, -0.15) is 0 Å². The van der Waals surface area contributed by atoms with Crippen molar-refractivity contribution in [1.82, 2.24) is 9.97 Å². The highest BCUT2D eigenvalue weighted by Gasteiger charge is 2.38. The second kappa shape index (κ2) is 5.03. The van der Waals surface area contributed by atoms with Crippen molar-refractivity contribution in [3.8, 4) is 22.6 Å². The minimum atomic E-state index is -0.554. The number of halogens is 1. The van der Waals surface area contributed by atoms with Crippen molar-refractivity contribution in [2.45, 2.75) is 19.3 Å². The van der Waals surface area contributed by atoms with Crippen molar-refractivity contribution in [2.24, 2.45) is 0 Å². The molecule has 0 aliphatic carbocycles. The van der Waals surface area contributed by atoms with Crippen molar-refractivity contribution >= 4 is 11.6 Å². The summed E-state index contributed by atoms with van der Waals surface area (Å²) in [5, 5.41) is 2.90.